The first kappa shape index (κ1) is 13.3. The van der Waals surface area contributed by atoms with Crippen molar-refractivity contribution in [3.05, 3.63) is 0 Å². The van der Waals surface area contributed by atoms with Crippen molar-refractivity contribution in [2.45, 2.75) is 16.8 Å². The van der Waals surface area contributed by atoms with Gasteiger partial charge in [0, 0.05) is 6.54 Å². The molecule has 0 fully saturated rings. The maximum Gasteiger partial charge on any atom is 0.358 e. The Morgan fingerprint density at radius 3 is 2.23 bits per heavy atom. The molecular weight excluding hydrogens is 236 g/mol. The number of rotatable bonds is 3. The molecule has 0 aromatic carbocycles. The fraction of sp³-hybridized carbons (Fsp3) is 0.857. The quantitative estimate of drug-likeness (QED) is 0.564. The Hall–Kier alpha value is 0.300. The van der Waals surface area contributed by atoms with Gasteiger partial charge in [0.25, 0.3) is 3.79 Å². The summed E-state index contributed by atoms with van der Waals surface area (Å²) in [6.45, 7) is 2.32. The number of alkyl halides is 3. The van der Waals surface area contributed by atoms with E-state index in [9.17, 15) is 4.79 Å². The molecule has 0 rings (SSSR count). The monoisotopic (exact) mass is 247 g/mol. The molecule has 0 aliphatic rings. The number of hydrogen-bond donors (Lipinski definition) is 0. The summed E-state index contributed by atoms with van der Waals surface area (Å²) < 4.78 is 2.86. The van der Waals surface area contributed by atoms with Crippen LogP contribution in [-0.2, 0) is 9.53 Å². The predicted molar refractivity (Wildman–Crippen MR) is 54.4 cm³/mol. The van der Waals surface area contributed by atoms with Crippen LogP contribution < -0.4 is 0 Å². The van der Waals surface area contributed by atoms with Gasteiger partial charge < -0.3 is 9.64 Å². The Labute approximate surface area is 92.9 Å². The summed E-state index contributed by atoms with van der Waals surface area (Å²) in [6, 6.07) is 0. The summed E-state index contributed by atoms with van der Waals surface area (Å²) in [4.78, 5) is 12.9. The molecule has 0 radical (unpaired) electrons. The minimum absolute atomic E-state index is 0.293. The van der Waals surface area contributed by atoms with Crippen molar-refractivity contribution in [3.8, 4) is 0 Å². The SMILES string of the molecule is CC(CN(C)C)OC(=O)C(Cl)(Cl)Cl. The molecule has 0 spiro atoms. The van der Waals surface area contributed by atoms with Crippen molar-refractivity contribution in [3.63, 3.8) is 0 Å². The summed E-state index contributed by atoms with van der Waals surface area (Å²) in [6.07, 6.45) is -0.293. The van der Waals surface area contributed by atoms with E-state index in [4.69, 9.17) is 39.5 Å². The molecule has 0 aliphatic carbocycles. The molecule has 0 amide bonds. The zero-order valence-corrected chi connectivity index (χ0v) is 9.95. The molecule has 0 aliphatic heterocycles. The first-order valence-corrected chi connectivity index (χ1v) is 4.79. The smallest absolute Gasteiger partial charge is 0.358 e. The van der Waals surface area contributed by atoms with Crippen LogP contribution in [0, 0.1) is 0 Å². The van der Waals surface area contributed by atoms with Gasteiger partial charge >= 0.3 is 5.97 Å². The van der Waals surface area contributed by atoms with Crippen LogP contribution in [0.1, 0.15) is 6.92 Å². The summed E-state index contributed by atoms with van der Waals surface area (Å²) >= 11 is 15.9. The van der Waals surface area contributed by atoms with E-state index >= 15 is 0 Å². The molecule has 1 unspecified atom stereocenters. The average Bonchev–Trinajstić information content (AvgIpc) is 1.82. The molecule has 0 saturated carbocycles. The molecule has 3 nitrogen and oxygen atoms in total. The lowest BCUT2D eigenvalue weighted by molar-refractivity contribution is -0.147. The van der Waals surface area contributed by atoms with E-state index in [0.29, 0.717) is 6.54 Å². The lowest BCUT2D eigenvalue weighted by Crippen LogP contribution is -2.32. The van der Waals surface area contributed by atoms with Crippen LogP contribution in [0.5, 0.6) is 0 Å². The molecule has 6 heteroatoms. The molecule has 13 heavy (non-hydrogen) atoms. The highest BCUT2D eigenvalue weighted by Gasteiger charge is 2.33. The van der Waals surface area contributed by atoms with Crippen LogP contribution in [-0.4, -0.2) is 41.4 Å². The van der Waals surface area contributed by atoms with E-state index in [1.807, 2.05) is 19.0 Å². The van der Waals surface area contributed by atoms with Crippen LogP contribution in [0.3, 0.4) is 0 Å². The van der Waals surface area contributed by atoms with Crippen LogP contribution in [0.4, 0.5) is 0 Å². The van der Waals surface area contributed by atoms with E-state index in [2.05, 4.69) is 0 Å². The second kappa shape index (κ2) is 5.25. The number of nitrogens with zero attached hydrogens (tertiary/aromatic N) is 1. The van der Waals surface area contributed by atoms with Gasteiger partial charge in [-0.05, 0) is 21.0 Å². The molecule has 0 aromatic rings. The molecular formula is C7H12Cl3NO2. The van der Waals surface area contributed by atoms with Crippen molar-refractivity contribution < 1.29 is 9.53 Å². The van der Waals surface area contributed by atoms with Crippen molar-refractivity contribution in [2.75, 3.05) is 20.6 Å². The molecule has 0 saturated heterocycles. The third-order valence-electron chi connectivity index (χ3n) is 1.16. The van der Waals surface area contributed by atoms with E-state index in [1.54, 1.807) is 6.92 Å². The first-order chi connectivity index (χ1) is 5.73. The number of ether oxygens (including phenoxy) is 1. The Morgan fingerprint density at radius 1 is 1.46 bits per heavy atom. The average molecular weight is 249 g/mol. The Kier molecular flexibility index (Phi) is 5.37. The van der Waals surface area contributed by atoms with E-state index < -0.39 is 9.76 Å². The van der Waals surface area contributed by atoms with Gasteiger partial charge in [-0.2, -0.15) is 0 Å². The van der Waals surface area contributed by atoms with Crippen LogP contribution in [0.2, 0.25) is 0 Å². The van der Waals surface area contributed by atoms with Gasteiger partial charge in [0.2, 0.25) is 0 Å². The number of likely N-dealkylation sites (N-methyl/N-ethyl adjacent to an activating group) is 1. The molecule has 1 atom stereocenters. The van der Waals surface area contributed by atoms with E-state index in [0.717, 1.165) is 0 Å². The lowest BCUT2D eigenvalue weighted by Gasteiger charge is -2.19. The van der Waals surface area contributed by atoms with Gasteiger partial charge in [-0.1, -0.05) is 34.8 Å². The minimum Gasteiger partial charge on any atom is -0.458 e. The summed E-state index contributed by atoms with van der Waals surface area (Å²) in [5.74, 6) is -0.841. The highest BCUT2D eigenvalue weighted by molar-refractivity contribution is 6.75. The lowest BCUT2D eigenvalue weighted by atomic mass is 10.4. The van der Waals surface area contributed by atoms with Gasteiger partial charge in [0.05, 0.1) is 0 Å². The van der Waals surface area contributed by atoms with Crippen molar-refractivity contribution in [1.82, 2.24) is 4.90 Å². The van der Waals surface area contributed by atoms with Crippen molar-refractivity contribution in [2.24, 2.45) is 0 Å². The molecule has 0 aromatic heterocycles. The summed E-state index contributed by atoms with van der Waals surface area (Å²) in [5.41, 5.74) is 0. The second-order valence-corrected chi connectivity index (χ2v) is 5.26. The van der Waals surface area contributed by atoms with Gasteiger partial charge in [0.1, 0.15) is 6.10 Å². The number of esters is 1. The molecule has 0 heterocycles. The fourth-order valence-corrected chi connectivity index (χ4v) is 0.935. The van der Waals surface area contributed by atoms with Gasteiger partial charge in [-0.3, -0.25) is 0 Å². The standard InChI is InChI=1S/C7H12Cl3NO2/c1-5(4-11(2)3)13-6(12)7(8,9)10/h5H,4H2,1-3H3. The summed E-state index contributed by atoms with van der Waals surface area (Å²) in [7, 11) is 3.72. The van der Waals surface area contributed by atoms with E-state index in [-0.39, 0.29) is 6.10 Å². The van der Waals surface area contributed by atoms with Crippen LogP contribution in [0.15, 0.2) is 0 Å². The fourth-order valence-electron chi connectivity index (χ4n) is 0.801. The minimum atomic E-state index is -1.99. The normalized spacial score (nSPS) is 14.4. The summed E-state index contributed by atoms with van der Waals surface area (Å²) in [5, 5.41) is 0. The molecule has 0 bridgehead atoms. The maximum atomic E-state index is 11.0. The largest absolute Gasteiger partial charge is 0.458 e. The maximum absolute atomic E-state index is 11.0. The van der Waals surface area contributed by atoms with Crippen LogP contribution in [0.25, 0.3) is 0 Å². The Morgan fingerprint density at radius 2 is 1.92 bits per heavy atom. The Bertz CT molecular complexity index is 179. The van der Waals surface area contributed by atoms with Gasteiger partial charge in [0.15, 0.2) is 0 Å². The van der Waals surface area contributed by atoms with Crippen molar-refractivity contribution in [1.29, 1.82) is 0 Å². The third-order valence-corrected chi connectivity index (χ3v) is 1.62. The number of halogens is 3. The number of carbonyl (C=O) groups excluding carboxylic acids is 1. The molecule has 78 valence electrons. The second-order valence-electron chi connectivity index (χ2n) is 2.98. The van der Waals surface area contributed by atoms with Crippen LogP contribution >= 0.6 is 34.8 Å². The highest BCUT2D eigenvalue weighted by atomic mass is 35.6. The number of carbonyl (C=O) groups is 1. The number of hydrogen-bond acceptors (Lipinski definition) is 3. The molecule has 0 N–H and O–H groups in total. The predicted octanol–water partition coefficient (Wildman–Crippen LogP) is 1.85. The zero-order valence-electron chi connectivity index (χ0n) is 7.68. The van der Waals surface area contributed by atoms with E-state index in [1.165, 1.54) is 0 Å². The Balaban J connectivity index is 3.93. The van der Waals surface area contributed by atoms with Gasteiger partial charge in [-0.15, -0.1) is 0 Å². The first-order valence-electron chi connectivity index (χ1n) is 3.66. The topological polar surface area (TPSA) is 29.5 Å². The highest BCUT2D eigenvalue weighted by Crippen LogP contribution is 2.27. The van der Waals surface area contributed by atoms with Gasteiger partial charge in [-0.25, -0.2) is 4.79 Å². The van der Waals surface area contributed by atoms with Crippen molar-refractivity contribution >= 4 is 40.8 Å². The zero-order chi connectivity index (χ0) is 10.6. The third kappa shape index (κ3) is 6.38.